The molecule has 0 atom stereocenters. The van der Waals surface area contributed by atoms with E-state index >= 15 is 0 Å². The van der Waals surface area contributed by atoms with Crippen molar-refractivity contribution < 1.29 is 0 Å². The zero-order chi connectivity index (χ0) is 37.3. The van der Waals surface area contributed by atoms with E-state index in [9.17, 15) is 0 Å². The summed E-state index contributed by atoms with van der Waals surface area (Å²) in [6.07, 6.45) is 6.59. The van der Waals surface area contributed by atoms with Gasteiger partial charge in [0, 0.05) is 26.7 Å². The molecule has 1 fully saturated rings. The molecule has 0 spiro atoms. The Morgan fingerprint density at radius 1 is 0.375 bits per heavy atom. The number of nitrogens with zero attached hydrogens (tertiary/aromatic N) is 1. The monoisotopic (exact) mass is 737 g/mol. The molecule has 0 bridgehead atoms. The Hall–Kier alpha value is -6.22. The lowest BCUT2D eigenvalue weighted by molar-refractivity contribution is 0.446. The highest BCUT2D eigenvalue weighted by molar-refractivity contribution is 7.26. The molecule has 1 nitrogen and oxygen atoms in total. The van der Waals surface area contributed by atoms with Crippen LogP contribution < -0.4 is 4.90 Å². The summed E-state index contributed by atoms with van der Waals surface area (Å²) in [5.41, 5.74) is 14.7. The fourth-order valence-corrected chi connectivity index (χ4v) is 10.4. The van der Waals surface area contributed by atoms with E-state index in [4.69, 9.17) is 0 Å². The van der Waals surface area contributed by atoms with Gasteiger partial charge in [-0.1, -0.05) is 189 Å². The molecule has 8 aromatic carbocycles. The molecule has 2 heteroatoms. The Morgan fingerprint density at radius 2 is 0.893 bits per heavy atom. The zero-order valence-corrected chi connectivity index (χ0v) is 32.3. The van der Waals surface area contributed by atoms with Crippen molar-refractivity contribution in [3.05, 3.63) is 200 Å². The summed E-state index contributed by atoms with van der Waals surface area (Å²) in [5, 5.41) is 2.71. The average molecular weight is 738 g/mol. The van der Waals surface area contributed by atoms with Gasteiger partial charge in [-0.05, 0) is 87.5 Å². The van der Waals surface area contributed by atoms with Gasteiger partial charge in [-0.25, -0.2) is 0 Å². The fraction of sp³-hybridized carbons (Fsp3) is 0.111. The lowest BCUT2D eigenvalue weighted by atomic mass is 9.84. The Balaban J connectivity index is 1.26. The number of fused-ring (bicyclic) bond motifs is 3. The minimum atomic E-state index is 0.634. The molecule has 0 unspecified atom stereocenters. The molecule has 270 valence electrons. The van der Waals surface area contributed by atoms with E-state index in [1.54, 1.807) is 0 Å². The van der Waals surface area contributed by atoms with E-state index in [0.29, 0.717) is 5.92 Å². The largest absolute Gasteiger partial charge is 0.308 e. The van der Waals surface area contributed by atoms with Gasteiger partial charge < -0.3 is 4.90 Å². The molecule has 1 aliphatic rings. The highest BCUT2D eigenvalue weighted by Crippen LogP contribution is 2.52. The molecule has 0 amide bonds. The second-order valence-corrected chi connectivity index (χ2v) is 16.1. The van der Waals surface area contributed by atoms with Crippen molar-refractivity contribution in [3.63, 3.8) is 0 Å². The highest BCUT2D eigenvalue weighted by Gasteiger charge is 2.26. The van der Waals surface area contributed by atoms with Gasteiger partial charge >= 0.3 is 0 Å². The van der Waals surface area contributed by atoms with Crippen molar-refractivity contribution in [1.82, 2.24) is 0 Å². The van der Waals surface area contributed by atoms with Crippen LogP contribution in [0.1, 0.15) is 43.6 Å². The van der Waals surface area contributed by atoms with Crippen LogP contribution in [0.25, 0.3) is 64.7 Å². The van der Waals surface area contributed by atoms with E-state index < -0.39 is 0 Å². The van der Waals surface area contributed by atoms with Crippen LogP contribution >= 0.6 is 11.3 Å². The molecule has 9 aromatic rings. The molecule has 1 heterocycles. The number of rotatable bonds is 8. The summed E-state index contributed by atoms with van der Waals surface area (Å²) < 4.78 is 2.78. The summed E-state index contributed by atoms with van der Waals surface area (Å²) in [6, 6.07) is 71.4. The molecule has 1 aliphatic carbocycles. The standard InChI is InChI=1S/C54H43NS/c1-5-18-38(19-6-1)39-34-36-43(37-35-39)55(51-33-17-31-49-48-30-15-29-46(53(48)56-54(49)51)42-24-11-4-12-25-42)50-32-16-28-45(41-22-9-3-10-23-41)52(50)47-27-14-13-26-44(47)40-20-7-2-8-21-40/h1-3,5-10,13-23,26-37,42H,4,11-12,24-25H2. The molecular weight excluding hydrogens is 695 g/mol. The maximum Gasteiger partial charge on any atom is 0.0640 e. The molecule has 56 heavy (non-hydrogen) atoms. The van der Waals surface area contributed by atoms with E-state index in [0.717, 1.165) is 11.4 Å². The van der Waals surface area contributed by atoms with Crippen LogP contribution in [0.4, 0.5) is 17.1 Å². The van der Waals surface area contributed by atoms with E-state index in [1.165, 1.54) is 108 Å². The third-order valence-electron chi connectivity index (χ3n) is 11.7. The third kappa shape index (κ3) is 6.30. The quantitative estimate of drug-likeness (QED) is 0.150. The number of thiophene rings is 1. The van der Waals surface area contributed by atoms with Gasteiger partial charge in [0.15, 0.2) is 0 Å². The normalized spacial score (nSPS) is 13.3. The van der Waals surface area contributed by atoms with Crippen molar-refractivity contribution in [2.45, 2.75) is 38.0 Å². The Labute approximate surface area is 334 Å². The molecule has 0 saturated heterocycles. The minimum absolute atomic E-state index is 0.634. The lowest BCUT2D eigenvalue weighted by Crippen LogP contribution is -2.12. The van der Waals surface area contributed by atoms with Crippen LogP contribution in [0.15, 0.2) is 194 Å². The molecule has 1 saturated carbocycles. The molecule has 0 aliphatic heterocycles. The van der Waals surface area contributed by atoms with E-state index in [2.05, 4.69) is 199 Å². The first-order chi connectivity index (χ1) is 27.8. The second kappa shape index (κ2) is 15.1. The maximum atomic E-state index is 2.54. The molecule has 1 aromatic heterocycles. The molecule has 0 radical (unpaired) electrons. The predicted molar refractivity (Wildman–Crippen MR) is 242 cm³/mol. The van der Waals surface area contributed by atoms with Gasteiger partial charge in [-0.2, -0.15) is 0 Å². The zero-order valence-electron chi connectivity index (χ0n) is 31.4. The maximum absolute atomic E-state index is 2.54. The van der Waals surface area contributed by atoms with Crippen LogP contribution in [0.3, 0.4) is 0 Å². The third-order valence-corrected chi connectivity index (χ3v) is 13.0. The van der Waals surface area contributed by atoms with Crippen molar-refractivity contribution in [2.24, 2.45) is 0 Å². The molecule has 0 N–H and O–H groups in total. The first-order valence-electron chi connectivity index (χ1n) is 20.0. The Kier molecular flexibility index (Phi) is 9.27. The van der Waals surface area contributed by atoms with Crippen LogP contribution in [0, 0.1) is 0 Å². The van der Waals surface area contributed by atoms with Crippen molar-refractivity contribution in [3.8, 4) is 44.5 Å². The van der Waals surface area contributed by atoms with Crippen molar-refractivity contribution >= 4 is 48.6 Å². The molecule has 10 rings (SSSR count). The fourth-order valence-electron chi connectivity index (χ4n) is 9.02. The second-order valence-electron chi connectivity index (χ2n) is 15.0. The first kappa shape index (κ1) is 34.3. The van der Waals surface area contributed by atoms with E-state index in [-0.39, 0.29) is 0 Å². The number of anilines is 3. The van der Waals surface area contributed by atoms with Gasteiger partial charge in [-0.15, -0.1) is 11.3 Å². The molecular formula is C54H43NS. The van der Waals surface area contributed by atoms with Gasteiger partial charge in [-0.3, -0.25) is 0 Å². The van der Waals surface area contributed by atoms with Crippen molar-refractivity contribution in [1.29, 1.82) is 0 Å². The topological polar surface area (TPSA) is 3.24 Å². The Bertz CT molecular complexity index is 2760. The first-order valence-corrected chi connectivity index (χ1v) is 20.9. The van der Waals surface area contributed by atoms with Crippen LogP contribution in [-0.4, -0.2) is 0 Å². The van der Waals surface area contributed by atoms with E-state index in [1.807, 2.05) is 11.3 Å². The van der Waals surface area contributed by atoms with Crippen LogP contribution in [0.2, 0.25) is 0 Å². The number of hydrogen-bond acceptors (Lipinski definition) is 2. The van der Waals surface area contributed by atoms with Crippen LogP contribution in [-0.2, 0) is 0 Å². The van der Waals surface area contributed by atoms with Gasteiger partial charge in [0.2, 0.25) is 0 Å². The SMILES string of the molecule is c1ccc(-c2ccc(N(c3cccc(-c4ccccc4)c3-c3ccccc3-c3ccccc3)c3cccc4c3sc3c(C5CCCCC5)cccc34)cc2)cc1. The number of hydrogen-bond donors (Lipinski definition) is 0. The minimum Gasteiger partial charge on any atom is -0.308 e. The smallest absolute Gasteiger partial charge is 0.0640 e. The van der Waals surface area contributed by atoms with Gasteiger partial charge in [0.1, 0.15) is 0 Å². The number of benzene rings is 8. The summed E-state index contributed by atoms with van der Waals surface area (Å²) in [4.78, 5) is 2.54. The predicted octanol–water partition coefficient (Wildman–Crippen LogP) is 16.2. The Morgan fingerprint density at radius 3 is 1.59 bits per heavy atom. The summed E-state index contributed by atoms with van der Waals surface area (Å²) >= 11 is 1.99. The summed E-state index contributed by atoms with van der Waals surface area (Å²) in [6.45, 7) is 0. The van der Waals surface area contributed by atoms with Gasteiger partial charge in [0.25, 0.3) is 0 Å². The highest BCUT2D eigenvalue weighted by atomic mass is 32.1. The van der Waals surface area contributed by atoms with Crippen LogP contribution in [0.5, 0.6) is 0 Å². The lowest BCUT2D eigenvalue weighted by Gasteiger charge is -2.30. The summed E-state index contributed by atoms with van der Waals surface area (Å²) in [5.74, 6) is 0.634. The van der Waals surface area contributed by atoms with Gasteiger partial charge in [0.05, 0.1) is 16.1 Å². The average Bonchev–Trinajstić information content (AvgIpc) is 3.68. The summed E-state index contributed by atoms with van der Waals surface area (Å²) in [7, 11) is 0. The van der Waals surface area contributed by atoms with Crippen molar-refractivity contribution in [2.75, 3.05) is 4.90 Å².